The van der Waals surface area contributed by atoms with E-state index in [1.54, 1.807) is 17.4 Å². The van der Waals surface area contributed by atoms with Gasteiger partial charge < -0.3 is 4.98 Å². The van der Waals surface area contributed by atoms with Crippen LogP contribution < -0.4 is 4.72 Å². The lowest BCUT2D eigenvalue weighted by Gasteiger charge is -2.04. The molecule has 0 bridgehead atoms. The Morgan fingerprint density at radius 1 is 1.25 bits per heavy atom. The predicted octanol–water partition coefficient (Wildman–Crippen LogP) is 1.05. The Kier molecular flexibility index (Phi) is 3.59. The van der Waals surface area contributed by atoms with Gasteiger partial charge in [0.15, 0.2) is 16.5 Å². The number of H-pyrrole nitrogens is 1. The summed E-state index contributed by atoms with van der Waals surface area (Å²) in [5.41, 5.74) is 1.32. The van der Waals surface area contributed by atoms with E-state index in [1.807, 2.05) is 23.6 Å². The van der Waals surface area contributed by atoms with Crippen LogP contribution in [0.1, 0.15) is 5.82 Å². The van der Waals surface area contributed by atoms with Crippen LogP contribution in [-0.2, 0) is 16.6 Å². The molecule has 0 aliphatic rings. The largest absolute Gasteiger partial charge is 0.335 e. The van der Waals surface area contributed by atoms with Crippen LogP contribution in [0.2, 0.25) is 0 Å². The molecule has 4 heterocycles. The molecule has 122 valence electrons. The number of nitrogens with zero attached hydrogens (tertiary/aromatic N) is 5. The van der Waals surface area contributed by atoms with E-state index in [1.165, 1.54) is 17.0 Å². The fourth-order valence-electron chi connectivity index (χ4n) is 2.13. The molecule has 0 amide bonds. The third kappa shape index (κ3) is 2.68. The lowest BCUT2D eigenvalue weighted by atomic mass is 10.3. The first-order valence-corrected chi connectivity index (χ1v) is 9.23. The molecule has 11 heteroatoms. The topological polar surface area (TPSA) is 118 Å². The Labute approximate surface area is 140 Å². The molecule has 2 N–H and O–H groups in total. The number of rotatable bonds is 5. The highest BCUT2D eigenvalue weighted by Crippen LogP contribution is 2.22. The summed E-state index contributed by atoms with van der Waals surface area (Å²) >= 11 is 1.57. The molecule has 0 spiro atoms. The zero-order chi connectivity index (χ0) is 16.6. The van der Waals surface area contributed by atoms with Gasteiger partial charge in [0.1, 0.15) is 5.69 Å². The predicted molar refractivity (Wildman–Crippen MR) is 86.7 cm³/mol. The molecule has 0 saturated carbocycles. The molecule has 0 fully saturated rings. The van der Waals surface area contributed by atoms with Crippen molar-refractivity contribution in [3.63, 3.8) is 0 Å². The van der Waals surface area contributed by atoms with E-state index in [-0.39, 0.29) is 11.6 Å². The fraction of sp³-hybridized carbons (Fsp3) is 0.0769. The number of nitrogens with one attached hydrogen (secondary N) is 2. The lowest BCUT2D eigenvalue weighted by Crippen LogP contribution is -2.25. The third-order valence-electron chi connectivity index (χ3n) is 3.28. The Balaban J connectivity index is 1.64. The maximum atomic E-state index is 12.1. The first-order chi connectivity index (χ1) is 11.6. The van der Waals surface area contributed by atoms with Gasteiger partial charge in [-0.25, -0.2) is 18.1 Å². The quantitative estimate of drug-likeness (QED) is 0.549. The summed E-state index contributed by atoms with van der Waals surface area (Å²) in [5.74, 6) is 0.395. The zero-order valence-electron chi connectivity index (χ0n) is 12.1. The monoisotopic (exact) mass is 361 g/mol. The van der Waals surface area contributed by atoms with Crippen molar-refractivity contribution in [3.8, 4) is 10.6 Å². The second-order valence-electron chi connectivity index (χ2n) is 4.82. The van der Waals surface area contributed by atoms with Gasteiger partial charge in [-0.1, -0.05) is 6.07 Å². The van der Waals surface area contributed by atoms with Crippen LogP contribution in [0, 0.1) is 0 Å². The van der Waals surface area contributed by atoms with Crippen LogP contribution in [0.3, 0.4) is 0 Å². The van der Waals surface area contributed by atoms with Crippen molar-refractivity contribution in [2.45, 2.75) is 11.6 Å². The number of imidazole rings is 1. The van der Waals surface area contributed by atoms with Gasteiger partial charge in [-0.15, -0.1) is 21.5 Å². The van der Waals surface area contributed by atoms with Gasteiger partial charge in [0.05, 0.1) is 23.9 Å². The molecule has 0 radical (unpaired) electrons. The Morgan fingerprint density at radius 2 is 2.17 bits per heavy atom. The number of thiophene rings is 1. The van der Waals surface area contributed by atoms with Crippen molar-refractivity contribution >= 4 is 27.0 Å². The van der Waals surface area contributed by atoms with E-state index in [2.05, 4.69) is 30.0 Å². The number of sulfonamides is 1. The molecule has 0 saturated heterocycles. The summed E-state index contributed by atoms with van der Waals surface area (Å²) in [4.78, 5) is 7.27. The molecular weight excluding hydrogens is 350 g/mol. The smallest absolute Gasteiger partial charge is 0.258 e. The van der Waals surface area contributed by atoms with Gasteiger partial charge in [0.2, 0.25) is 0 Å². The normalized spacial score (nSPS) is 12.0. The molecule has 4 aromatic heterocycles. The third-order valence-corrected chi connectivity index (χ3v) is 5.50. The van der Waals surface area contributed by atoms with Gasteiger partial charge in [-0.3, -0.25) is 0 Å². The molecule has 0 aromatic carbocycles. The molecule has 9 nitrogen and oxygen atoms in total. The molecule has 0 unspecified atom stereocenters. The second kappa shape index (κ2) is 5.78. The molecular formula is C13H11N7O2S2. The van der Waals surface area contributed by atoms with E-state index in [0.29, 0.717) is 11.5 Å². The van der Waals surface area contributed by atoms with Crippen LogP contribution in [0.15, 0.2) is 47.2 Å². The highest BCUT2D eigenvalue weighted by Gasteiger charge is 2.17. The minimum absolute atomic E-state index is 0.0106. The van der Waals surface area contributed by atoms with Crippen LogP contribution in [0.4, 0.5) is 0 Å². The average Bonchev–Trinajstić information content (AvgIpc) is 3.33. The summed E-state index contributed by atoms with van der Waals surface area (Å²) in [7, 11) is -3.69. The number of hydrogen-bond donors (Lipinski definition) is 2. The summed E-state index contributed by atoms with van der Waals surface area (Å²) in [6.07, 6.45) is 2.54. The molecule has 4 rings (SSSR count). The van der Waals surface area contributed by atoms with E-state index in [9.17, 15) is 8.42 Å². The van der Waals surface area contributed by atoms with E-state index in [0.717, 1.165) is 10.6 Å². The standard InChI is InChI=1S/C13H11N7O2S2/c21-24(22,13-7-14-8-15-13)16-6-12-18-17-11-4-3-9(19-20(11)12)10-2-1-5-23-10/h1-5,7-8,16H,6H2,(H,14,15). The number of fused-ring (bicyclic) bond motifs is 1. The Morgan fingerprint density at radius 3 is 2.92 bits per heavy atom. The number of aromatic amines is 1. The second-order valence-corrected chi connectivity index (χ2v) is 7.51. The number of hydrogen-bond acceptors (Lipinski definition) is 7. The summed E-state index contributed by atoms with van der Waals surface area (Å²) in [6.45, 7) is -0.0383. The summed E-state index contributed by atoms with van der Waals surface area (Å²) in [5, 5.41) is 14.4. The molecule has 4 aromatic rings. The van der Waals surface area contributed by atoms with Crippen LogP contribution in [-0.4, -0.2) is 38.2 Å². The van der Waals surface area contributed by atoms with Crippen molar-refractivity contribution in [2.75, 3.05) is 0 Å². The first kappa shape index (κ1) is 14.9. The highest BCUT2D eigenvalue weighted by molar-refractivity contribution is 7.89. The maximum Gasteiger partial charge on any atom is 0.258 e. The van der Waals surface area contributed by atoms with Crippen molar-refractivity contribution < 1.29 is 8.42 Å². The van der Waals surface area contributed by atoms with E-state index in [4.69, 9.17) is 0 Å². The Hall–Kier alpha value is -2.63. The lowest BCUT2D eigenvalue weighted by molar-refractivity contribution is 0.575. The Bertz CT molecular complexity index is 1070. The van der Waals surface area contributed by atoms with Gasteiger partial charge in [0, 0.05) is 0 Å². The van der Waals surface area contributed by atoms with Crippen LogP contribution in [0.5, 0.6) is 0 Å². The van der Waals surface area contributed by atoms with Gasteiger partial charge >= 0.3 is 0 Å². The van der Waals surface area contributed by atoms with E-state index < -0.39 is 10.0 Å². The van der Waals surface area contributed by atoms with Crippen LogP contribution >= 0.6 is 11.3 Å². The maximum absolute atomic E-state index is 12.1. The van der Waals surface area contributed by atoms with Crippen molar-refractivity contribution in [1.29, 1.82) is 0 Å². The van der Waals surface area contributed by atoms with Crippen molar-refractivity contribution in [1.82, 2.24) is 34.5 Å². The van der Waals surface area contributed by atoms with Crippen LogP contribution in [0.25, 0.3) is 16.2 Å². The summed E-state index contributed by atoms with van der Waals surface area (Å²) in [6, 6.07) is 7.55. The van der Waals surface area contributed by atoms with Crippen molar-refractivity contribution in [3.05, 3.63) is 48.0 Å². The highest BCUT2D eigenvalue weighted by atomic mass is 32.2. The SMILES string of the molecule is O=S(=O)(NCc1nnc2ccc(-c3cccs3)nn12)c1cnc[nH]1. The van der Waals surface area contributed by atoms with E-state index >= 15 is 0 Å². The number of aromatic nitrogens is 6. The van der Waals surface area contributed by atoms with Gasteiger partial charge in [-0.05, 0) is 23.6 Å². The molecule has 0 atom stereocenters. The molecule has 0 aliphatic carbocycles. The minimum atomic E-state index is -3.69. The average molecular weight is 361 g/mol. The van der Waals surface area contributed by atoms with Gasteiger partial charge in [0.25, 0.3) is 10.0 Å². The molecule has 0 aliphatic heterocycles. The first-order valence-electron chi connectivity index (χ1n) is 6.87. The zero-order valence-corrected chi connectivity index (χ0v) is 13.8. The minimum Gasteiger partial charge on any atom is -0.335 e. The van der Waals surface area contributed by atoms with Gasteiger partial charge in [-0.2, -0.15) is 9.61 Å². The molecule has 24 heavy (non-hydrogen) atoms. The summed E-state index contributed by atoms with van der Waals surface area (Å²) < 4.78 is 28.2. The van der Waals surface area contributed by atoms with Crippen molar-refractivity contribution in [2.24, 2.45) is 0 Å². The fourth-order valence-corrected chi connectivity index (χ4v) is 3.70.